The first-order chi connectivity index (χ1) is 27.1. The van der Waals surface area contributed by atoms with Gasteiger partial charge in [-0.1, -0.05) is 105 Å². The minimum absolute atomic E-state index is 0.131. The molecule has 1 aromatic carbocycles. The average molecular weight is 797 g/mol. The summed E-state index contributed by atoms with van der Waals surface area (Å²) in [5.74, 6) is 2.03. The van der Waals surface area contributed by atoms with Crippen molar-refractivity contribution < 1.29 is 19.4 Å². The lowest BCUT2D eigenvalue weighted by Gasteiger charge is -2.71. The van der Waals surface area contributed by atoms with Crippen LogP contribution in [0.25, 0.3) is 11.4 Å². The van der Waals surface area contributed by atoms with E-state index in [1.807, 2.05) is 0 Å². The van der Waals surface area contributed by atoms with E-state index in [1.54, 1.807) is 6.33 Å². The molecule has 4 aliphatic carbocycles. The number of aliphatic imine (C=N–C) groups is 1. The van der Waals surface area contributed by atoms with Gasteiger partial charge in [-0.15, -0.1) is 0 Å². The van der Waals surface area contributed by atoms with Crippen LogP contribution in [0.3, 0.4) is 0 Å². The number of carboxylic acid groups (broad SMARTS) is 1. The van der Waals surface area contributed by atoms with Crippen LogP contribution in [0.15, 0.2) is 47.2 Å². The highest BCUT2D eigenvalue weighted by Gasteiger charge is 2.72. The number of aromatic nitrogens is 3. The maximum atomic E-state index is 13.7. The van der Waals surface area contributed by atoms with Gasteiger partial charge in [-0.25, -0.2) is 9.67 Å². The zero-order valence-electron chi connectivity index (χ0n) is 37.3. The summed E-state index contributed by atoms with van der Waals surface area (Å²) in [7, 11) is 0. The van der Waals surface area contributed by atoms with Crippen LogP contribution in [-0.2, 0) is 14.3 Å². The van der Waals surface area contributed by atoms with Crippen LogP contribution in [0.5, 0.6) is 0 Å². The molecule has 2 aliphatic heterocycles. The van der Waals surface area contributed by atoms with Crippen LogP contribution in [0.4, 0.5) is 0 Å². The van der Waals surface area contributed by atoms with Gasteiger partial charge in [-0.05, 0) is 90.8 Å². The summed E-state index contributed by atoms with van der Waals surface area (Å²) < 4.78 is 16.3. The third kappa shape index (κ3) is 5.94. The summed E-state index contributed by atoms with van der Waals surface area (Å²) in [5, 5.41) is 19.7. The van der Waals surface area contributed by atoms with Crippen LogP contribution >= 0.6 is 0 Å². The molecule has 0 amide bonds. The first-order valence-electron chi connectivity index (χ1n) is 22.3. The fourth-order valence-corrected chi connectivity index (χ4v) is 13.7. The van der Waals surface area contributed by atoms with Gasteiger partial charge in [0.25, 0.3) is 0 Å². The minimum atomic E-state index is -0.625. The highest BCUT2D eigenvalue weighted by atomic mass is 16.5. The molecule has 1 aromatic heterocycles. The Morgan fingerprint density at radius 3 is 2.38 bits per heavy atom. The van der Waals surface area contributed by atoms with Crippen molar-refractivity contribution in [2.75, 3.05) is 32.9 Å². The van der Waals surface area contributed by atoms with Gasteiger partial charge in [0.05, 0.1) is 44.4 Å². The molecule has 10 nitrogen and oxygen atoms in total. The van der Waals surface area contributed by atoms with E-state index in [2.05, 4.69) is 121 Å². The molecule has 6 aliphatic rings. The SMILES string of the molecule is CC(C)[C@@H](C)[C@@]1(C)CC[C@]2(C)[C@H]3CC[C@H]4C5(C)COC[C@@]4(C[C@@H](n4ncnc4-c4ccc(C6=NCCN6)cc4)[C@@H]5OC[C@](C)(N)C(C)(C)C)C3=CC[C@@]2(C)[C@@H]1C(=O)O. The summed E-state index contributed by atoms with van der Waals surface area (Å²) in [6.07, 6.45) is 9.65. The number of nitrogens with zero attached hydrogens (tertiary/aromatic N) is 4. The van der Waals surface area contributed by atoms with E-state index in [1.165, 1.54) is 5.57 Å². The number of benzene rings is 1. The Hall–Kier alpha value is -3.08. The zero-order valence-corrected chi connectivity index (χ0v) is 37.3. The molecule has 58 heavy (non-hydrogen) atoms. The van der Waals surface area contributed by atoms with Crippen molar-refractivity contribution in [3.63, 3.8) is 0 Å². The van der Waals surface area contributed by atoms with E-state index in [-0.39, 0.29) is 50.6 Å². The highest BCUT2D eigenvalue weighted by Crippen LogP contribution is 2.75. The number of allylic oxidation sites excluding steroid dienone is 1. The number of nitrogens with one attached hydrogen (secondary N) is 1. The number of carboxylic acids is 1. The molecule has 1 saturated heterocycles. The summed E-state index contributed by atoms with van der Waals surface area (Å²) in [4.78, 5) is 23.2. The van der Waals surface area contributed by atoms with Crippen LogP contribution in [0.2, 0.25) is 0 Å². The molecule has 0 radical (unpaired) electrons. The number of hydrogen-bond donors (Lipinski definition) is 3. The van der Waals surface area contributed by atoms with Crippen LogP contribution < -0.4 is 11.1 Å². The van der Waals surface area contributed by atoms with E-state index in [9.17, 15) is 9.90 Å². The number of nitrogens with two attached hydrogens (primary N) is 1. The molecule has 318 valence electrons. The maximum Gasteiger partial charge on any atom is 0.307 e. The Bertz CT molecular complexity index is 1960. The third-order valence-electron chi connectivity index (χ3n) is 18.3. The smallest absolute Gasteiger partial charge is 0.307 e. The number of aliphatic carboxylic acids is 1. The molecular weight excluding hydrogens is 725 g/mol. The molecule has 2 aromatic rings. The Kier molecular flexibility index (Phi) is 10.0. The normalized spacial score (nSPS) is 40.0. The van der Waals surface area contributed by atoms with Gasteiger partial charge in [0, 0.05) is 34.0 Å². The van der Waals surface area contributed by atoms with E-state index < -0.39 is 17.4 Å². The summed E-state index contributed by atoms with van der Waals surface area (Å²) in [6, 6.07) is 8.39. The first-order valence-corrected chi connectivity index (χ1v) is 22.3. The molecule has 0 spiro atoms. The molecule has 4 N–H and O–H groups in total. The summed E-state index contributed by atoms with van der Waals surface area (Å²) in [5.41, 5.74) is 8.51. The van der Waals surface area contributed by atoms with Crippen molar-refractivity contribution in [2.45, 2.75) is 132 Å². The second kappa shape index (κ2) is 14.0. The van der Waals surface area contributed by atoms with Gasteiger partial charge in [-0.3, -0.25) is 9.79 Å². The number of hydrogen-bond acceptors (Lipinski definition) is 8. The fraction of sp³-hybridized carbons (Fsp3) is 0.750. The molecule has 12 atom stereocenters. The quantitative estimate of drug-likeness (QED) is 0.215. The predicted molar refractivity (Wildman–Crippen MR) is 229 cm³/mol. The maximum absolute atomic E-state index is 13.7. The van der Waals surface area contributed by atoms with Crippen molar-refractivity contribution in [3.8, 4) is 11.4 Å². The third-order valence-corrected chi connectivity index (χ3v) is 18.3. The molecule has 3 saturated carbocycles. The lowest BCUT2D eigenvalue weighted by atomic mass is 9.34. The Morgan fingerprint density at radius 2 is 1.74 bits per heavy atom. The average Bonchev–Trinajstić information content (AvgIpc) is 3.87. The lowest BCUT2D eigenvalue weighted by Crippen LogP contribution is -2.69. The van der Waals surface area contributed by atoms with E-state index in [0.717, 1.165) is 74.4 Å². The van der Waals surface area contributed by atoms with Gasteiger partial charge < -0.3 is 25.6 Å². The lowest BCUT2D eigenvalue weighted by molar-refractivity contribution is -0.253. The van der Waals surface area contributed by atoms with Crippen LogP contribution in [0, 0.1) is 62.1 Å². The minimum Gasteiger partial charge on any atom is -0.481 e. The number of fused-ring (bicyclic) bond motifs is 3. The van der Waals surface area contributed by atoms with Gasteiger partial charge >= 0.3 is 5.97 Å². The molecule has 4 fully saturated rings. The zero-order chi connectivity index (χ0) is 41.8. The van der Waals surface area contributed by atoms with Crippen LogP contribution in [-0.4, -0.2) is 76.2 Å². The first kappa shape index (κ1) is 41.6. The molecular formula is C48H72N6O4. The topological polar surface area (TPSA) is 137 Å². The van der Waals surface area contributed by atoms with Crippen molar-refractivity contribution in [1.29, 1.82) is 0 Å². The molecule has 2 bridgehead atoms. The Balaban J connectivity index is 1.23. The fourth-order valence-electron chi connectivity index (χ4n) is 13.7. The molecule has 10 heteroatoms. The van der Waals surface area contributed by atoms with Crippen molar-refractivity contribution in [2.24, 2.45) is 72.8 Å². The second-order valence-electron chi connectivity index (χ2n) is 22.3. The standard InChI is InChI=1S/C48H72N6O4/c1-29(2)30(3)43(7)20-21-45(9)33-16-17-36-44(8)25-57-27-48(36,34(33)18-19-46(45,10)37(43)41(55)56)24-35(38(44)58-26-47(11,49)42(4,5)6)54-40(52-28-53-54)32-14-12-31(13-15-32)39-50-22-23-51-39/h12-15,18,28-30,33,35-38H,16-17,19-27,49H2,1-11H3,(H,50,51)(H,55,56)/t30-,33+,35-,36+,37-,38+,43-,44?,45-,46+,47+,48+/m1/s1. The molecule has 8 rings (SSSR count). The number of carbonyl (C=O) groups is 1. The van der Waals surface area contributed by atoms with Crippen molar-refractivity contribution in [3.05, 3.63) is 47.8 Å². The summed E-state index contributed by atoms with van der Waals surface area (Å²) in [6.45, 7) is 28.3. The van der Waals surface area contributed by atoms with Crippen molar-refractivity contribution >= 4 is 11.8 Å². The highest BCUT2D eigenvalue weighted by molar-refractivity contribution is 6.00. The van der Waals surface area contributed by atoms with Crippen molar-refractivity contribution in [1.82, 2.24) is 20.1 Å². The molecule has 3 heterocycles. The monoisotopic (exact) mass is 797 g/mol. The Labute approximate surface area is 347 Å². The number of ether oxygens (including phenoxy) is 2. The molecule has 1 unspecified atom stereocenters. The predicted octanol–water partition coefficient (Wildman–Crippen LogP) is 8.57. The van der Waals surface area contributed by atoms with Gasteiger partial charge in [0.2, 0.25) is 0 Å². The van der Waals surface area contributed by atoms with Gasteiger partial charge in [0.1, 0.15) is 12.2 Å². The van der Waals surface area contributed by atoms with E-state index in [4.69, 9.17) is 25.3 Å². The second-order valence-corrected chi connectivity index (χ2v) is 22.3. The summed E-state index contributed by atoms with van der Waals surface area (Å²) >= 11 is 0. The van der Waals surface area contributed by atoms with Crippen LogP contribution in [0.1, 0.15) is 126 Å². The Morgan fingerprint density at radius 1 is 1.03 bits per heavy atom. The van der Waals surface area contributed by atoms with E-state index >= 15 is 0 Å². The number of amidine groups is 1. The van der Waals surface area contributed by atoms with Gasteiger partial charge in [0.15, 0.2) is 5.82 Å². The number of rotatable bonds is 9. The largest absolute Gasteiger partial charge is 0.481 e. The van der Waals surface area contributed by atoms with Gasteiger partial charge in [-0.2, -0.15) is 5.10 Å². The van der Waals surface area contributed by atoms with E-state index in [0.29, 0.717) is 37.6 Å².